The van der Waals surface area contributed by atoms with Crippen LogP contribution in [-0.2, 0) is 16.4 Å². The van der Waals surface area contributed by atoms with Gasteiger partial charge in [-0.25, -0.2) is 8.42 Å². The van der Waals surface area contributed by atoms with Crippen LogP contribution in [0.25, 0.3) is 5.70 Å². The molecule has 2 aliphatic rings. The van der Waals surface area contributed by atoms with Crippen LogP contribution < -0.4 is 31.3 Å². The number of guanidine groups is 1. The zero-order valence-corrected chi connectivity index (χ0v) is 16.7. The maximum atomic E-state index is 12.9. The summed E-state index contributed by atoms with van der Waals surface area (Å²) in [5, 5.41) is 3.80. The maximum absolute atomic E-state index is 12.9. The summed E-state index contributed by atoms with van der Waals surface area (Å²) in [7, 11) is -1.84. The molecular weight excluding hydrogens is 392 g/mol. The van der Waals surface area contributed by atoms with E-state index in [4.69, 9.17) is 16.2 Å². The Balaban J connectivity index is 1.59. The van der Waals surface area contributed by atoms with Gasteiger partial charge in [0.15, 0.2) is 0 Å². The molecule has 1 aliphatic carbocycles. The lowest BCUT2D eigenvalue weighted by atomic mass is 10.1. The Kier molecular flexibility index (Phi) is 4.71. The molecule has 6 N–H and O–H groups in total. The Hall–Kier alpha value is -3.40. The average Bonchev–Trinajstić information content (AvgIpc) is 3.08. The molecule has 1 aliphatic heterocycles. The fourth-order valence-electron chi connectivity index (χ4n) is 3.34. The van der Waals surface area contributed by atoms with E-state index in [9.17, 15) is 8.42 Å². The van der Waals surface area contributed by atoms with Gasteiger partial charge in [-0.3, -0.25) is 10.1 Å². The van der Waals surface area contributed by atoms with Gasteiger partial charge in [0.05, 0.1) is 22.8 Å². The minimum absolute atomic E-state index is 0.0866. The van der Waals surface area contributed by atoms with Crippen LogP contribution in [0.15, 0.2) is 52.5 Å². The van der Waals surface area contributed by atoms with Gasteiger partial charge in [-0.15, -0.1) is 5.10 Å². The first-order valence-corrected chi connectivity index (χ1v) is 10.5. The Morgan fingerprint density at radius 3 is 2.83 bits per heavy atom. The van der Waals surface area contributed by atoms with Crippen LogP contribution in [0.5, 0.6) is 5.75 Å². The monoisotopic (exact) mass is 414 g/mol. The van der Waals surface area contributed by atoms with Crippen molar-refractivity contribution in [2.45, 2.75) is 11.3 Å². The van der Waals surface area contributed by atoms with Crippen LogP contribution >= 0.6 is 0 Å². The fraction of sp³-hybridized carbons (Fsp3) is 0.211. The van der Waals surface area contributed by atoms with Crippen molar-refractivity contribution in [1.82, 2.24) is 5.43 Å². The van der Waals surface area contributed by atoms with E-state index < -0.39 is 10.0 Å². The minimum Gasteiger partial charge on any atom is -0.490 e. The van der Waals surface area contributed by atoms with E-state index in [1.165, 1.54) is 0 Å². The summed E-state index contributed by atoms with van der Waals surface area (Å²) in [5.41, 5.74) is 17.4. The van der Waals surface area contributed by atoms with E-state index in [1.807, 2.05) is 24.1 Å². The second kappa shape index (κ2) is 7.21. The second-order valence-electron chi connectivity index (χ2n) is 6.85. The highest BCUT2D eigenvalue weighted by Crippen LogP contribution is 2.34. The number of sulfonamides is 1. The number of benzene rings is 2. The molecule has 152 valence electrons. The lowest BCUT2D eigenvalue weighted by Gasteiger charge is -2.27. The topological polar surface area (TPSA) is 135 Å². The van der Waals surface area contributed by atoms with Gasteiger partial charge in [-0.05, 0) is 36.2 Å². The Labute approximate surface area is 169 Å². The number of likely N-dealkylation sites (N-methyl/N-ethyl adjacent to an activating group) is 1. The third-order valence-corrected chi connectivity index (χ3v) is 6.20. The Morgan fingerprint density at radius 1 is 1.21 bits per heavy atom. The van der Waals surface area contributed by atoms with Crippen LogP contribution in [0.2, 0.25) is 0 Å². The van der Waals surface area contributed by atoms with Crippen LogP contribution in [0.1, 0.15) is 11.1 Å². The summed E-state index contributed by atoms with van der Waals surface area (Å²) in [6.07, 6.45) is 2.65. The predicted molar refractivity (Wildman–Crippen MR) is 113 cm³/mol. The quantitative estimate of drug-likeness (QED) is 0.325. The number of nitrogens with zero attached hydrogens (tertiary/aromatic N) is 2. The molecule has 0 saturated carbocycles. The van der Waals surface area contributed by atoms with E-state index in [1.54, 1.807) is 30.3 Å². The lowest BCUT2D eigenvalue weighted by molar-refractivity contribution is 0.310. The molecule has 29 heavy (non-hydrogen) atoms. The number of rotatable bonds is 5. The summed E-state index contributed by atoms with van der Waals surface area (Å²) in [4.78, 5) is 2.17. The first-order chi connectivity index (χ1) is 13.8. The number of ether oxygens (including phenoxy) is 1. The fourth-order valence-corrected chi connectivity index (χ4v) is 4.41. The van der Waals surface area contributed by atoms with Crippen LogP contribution in [-0.4, -0.2) is 34.6 Å². The van der Waals surface area contributed by atoms with Gasteiger partial charge >= 0.3 is 0 Å². The molecule has 4 rings (SSSR count). The van der Waals surface area contributed by atoms with Crippen molar-refractivity contribution in [3.8, 4) is 5.75 Å². The molecule has 0 spiro atoms. The molecule has 0 unspecified atom stereocenters. The van der Waals surface area contributed by atoms with Crippen molar-refractivity contribution in [3.05, 3.63) is 53.6 Å². The summed E-state index contributed by atoms with van der Waals surface area (Å²) in [6, 6.07) is 10.2. The van der Waals surface area contributed by atoms with Crippen molar-refractivity contribution in [2.24, 2.45) is 16.6 Å². The zero-order valence-electron chi connectivity index (χ0n) is 15.8. The molecule has 0 amide bonds. The predicted octanol–water partition coefficient (Wildman–Crippen LogP) is 0.991. The molecule has 2 aromatic carbocycles. The van der Waals surface area contributed by atoms with Crippen molar-refractivity contribution in [1.29, 1.82) is 0 Å². The number of anilines is 2. The molecule has 1 heterocycles. The maximum Gasteiger partial charge on any atom is 0.262 e. The molecule has 0 atom stereocenters. The number of fused-ring (bicyclic) bond motifs is 2. The van der Waals surface area contributed by atoms with E-state index in [-0.39, 0.29) is 10.9 Å². The van der Waals surface area contributed by atoms with E-state index in [2.05, 4.69) is 15.2 Å². The highest BCUT2D eigenvalue weighted by Gasteiger charge is 2.22. The largest absolute Gasteiger partial charge is 0.490 e. The van der Waals surface area contributed by atoms with Crippen molar-refractivity contribution >= 4 is 33.1 Å². The number of hydrogen-bond acceptors (Lipinski definition) is 6. The number of nitrogens with one attached hydrogen (secondary N) is 2. The molecule has 9 nitrogen and oxygen atoms in total. The van der Waals surface area contributed by atoms with Crippen LogP contribution in [0, 0.1) is 0 Å². The number of nitrogens with two attached hydrogens (primary N) is 2. The first-order valence-electron chi connectivity index (χ1n) is 9.02. The van der Waals surface area contributed by atoms with Gasteiger partial charge in [0, 0.05) is 24.4 Å². The standard InChI is InChI=1S/C19H22N6O3S/c1-25-8-9-28-18-11-14(5-7-17(18)25)29(26,27)24-13-4-2-12-3-6-16(15(12)10-13)22-23-19(20)21/h2,4-7,10-11,22,24H,3,8-9H2,1H3,(H4,20,21,23). The smallest absolute Gasteiger partial charge is 0.262 e. The first kappa shape index (κ1) is 18.9. The Morgan fingerprint density at radius 2 is 2.03 bits per heavy atom. The number of hydrogen-bond donors (Lipinski definition) is 4. The van der Waals surface area contributed by atoms with Gasteiger partial charge in [0.25, 0.3) is 10.0 Å². The summed E-state index contributed by atoms with van der Waals surface area (Å²) < 4.78 is 34.0. The summed E-state index contributed by atoms with van der Waals surface area (Å²) in [5.74, 6) is 0.471. The molecule has 0 saturated heterocycles. The normalized spacial score (nSPS) is 14.9. The molecule has 0 fully saturated rings. The molecular formula is C19H22N6O3S. The highest BCUT2D eigenvalue weighted by atomic mass is 32.2. The SMILES string of the molecule is CN1CCOc2cc(S(=O)(=O)Nc3ccc4c(c3)C(NN=C(N)N)=CC4)ccc21. The lowest BCUT2D eigenvalue weighted by Crippen LogP contribution is -2.29. The van der Waals surface area contributed by atoms with E-state index in [0.717, 1.165) is 29.1 Å². The zero-order chi connectivity index (χ0) is 20.6. The Bertz CT molecular complexity index is 1120. The van der Waals surface area contributed by atoms with Crippen LogP contribution in [0.3, 0.4) is 0 Å². The minimum atomic E-state index is -3.78. The average molecular weight is 414 g/mol. The molecule has 0 aromatic heterocycles. The summed E-state index contributed by atoms with van der Waals surface area (Å²) in [6.45, 7) is 1.28. The second-order valence-corrected chi connectivity index (χ2v) is 8.53. The molecule has 10 heteroatoms. The van der Waals surface area contributed by atoms with Gasteiger partial charge < -0.3 is 21.1 Å². The van der Waals surface area contributed by atoms with Gasteiger partial charge in [-0.2, -0.15) is 0 Å². The van der Waals surface area contributed by atoms with Crippen LogP contribution in [0.4, 0.5) is 11.4 Å². The third-order valence-electron chi connectivity index (χ3n) is 4.82. The highest BCUT2D eigenvalue weighted by molar-refractivity contribution is 7.92. The van der Waals surface area contributed by atoms with E-state index >= 15 is 0 Å². The van der Waals surface area contributed by atoms with E-state index in [0.29, 0.717) is 24.5 Å². The summed E-state index contributed by atoms with van der Waals surface area (Å²) >= 11 is 0. The molecule has 0 radical (unpaired) electrons. The van der Waals surface area contributed by atoms with Gasteiger partial charge in [-0.1, -0.05) is 12.1 Å². The van der Waals surface area contributed by atoms with Crippen molar-refractivity contribution < 1.29 is 13.2 Å². The van der Waals surface area contributed by atoms with Gasteiger partial charge in [0.1, 0.15) is 12.4 Å². The van der Waals surface area contributed by atoms with Crippen molar-refractivity contribution in [2.75, 3.05) is 29.8 Å². The molecule has 0 bridgehead atoms. The number of allylic oxidation sites excluding steroid dienone is 1. The third kappa shape index (κ3) is 3.79. The number of hydrazone groups is 1. The van der Waals surface area contributed by atoms with Crippen molar-refractivity contribution in [3.63, 3.8) is 0 Å². The van der Waals surface area contributed by atoms with Gasteiger partial charge in [0.2, 0.25) is 5.96 Å². The molecule has 2 aromatic rings.